The Morgan fingerprint density at radius 2 is 1.67 bits per heavy atom. The quantitative estimate of drug-likeness (QED) is 0.813. The summed E-state index contributed by atoms with van der Waals surface area (Å²) in [4.78, 5) is 0. The second-order valence-corrected chi connectivity index (χ2v) is 4.64. The first kappa shape index (κ1) is 12.7. The largest absolute Gasteiger partial charge is 0.455 e. The highest BCUT2D eigenvalue weighted by Crippen LogP contribution is 2.32. The fraction of sp³-hybridized carbons (Fsp3) is 0.143. The minimum atomic E-state index is -0.551. The average Bonchev–Trinajstić information content (AvgIpc) is 2.24. The van der Waals surface area contributed by atoms with Crippen LogP contribution in [-0.4, -0.2) is 0 Å². The number of rotatable bonds is 2. The van der Waals surface area contributed by atoms with Gasteiger partial charge in [-0.2, -0.15) is 0 Å². The second-order valence-electron chi connectivity index (χ2n) is 4.23. The van der Waals surface area contributed by atoms with E-state index in [0.717, 1.165) is 11.1 Å². The predicted octanol–water partition coefficient (Wildman–Crippen LogP) is 4.47. The first-order chi connectivity index (χ1) is 8.45. The molecule has 2 aromatic rings. The molecule has 0 heterocycles. The minimum Gasteiger partial charge on any atom is -0.455 e. The molecule has 0 saturated heterocycles. The van der Waals surface area contributed by atoms with Gasteiger partial charge in [0, 0.05) is 6.07 Å². The molecular formula is C14H13ClFNO. The summed E-state index contributed by atoms with van der Waals surface area (Å²) in [7, 11) is 0. The molecule has 0 fully saturated rings. The van der Waals surface area contributed by atoms with Crippen LogP contribution in [0, 0.1) is 19.7 Å². The van der Waals surface area contributed by atoms with Crippen LogP contribution < -0.4 is 10.5 Å². The van der Waals surface area contributed by atoms with Gasteiger partial charge in [-0.1, -0.05) is 17.7 Å². The molecule has 0 amide bonds. The van der Waals surface area contributed by atoms with Gasteiger partial charge in [0.2, 0.25) is 0 Å². The van der Waals surface area contributed by atoms with Crippen molar-refractivity contribution in [3.8, 4) is 11.5 Å². The van der Waals surface area contributed by atoms with Gasteiger partial charge in [0.25, 0.3) is 0 Å². The molecule has 0 aromatic heterocycles. The molecule has 4 heteroatoms. The monoisotopic (exact) mass is 265 g/mol. The van der Waals surface area contributed by atoms with Gasteiger partial charge in [-0.3, -0.25) is 0 Å². The van der Waals surface area contributed by atoms with Crippen molar-refractivity contribution in [1.29, 1.82) is 0 Å². The van der Waals surface area contributed by atoms with Crippen LogP contribution in [0.2, 0.25) is 5.02 Å². The van der Waals surface area contributed by atoms with Crippen molar-refractivity contribution < 1.29 is 9.13 Å². The fourth-order valence-electron chi connectivity index (χ4n) is 1.75. The molecule has 2 nitrogen and oxygen atoms in total. The van der Waals surface area contributed by atoms with E-state index in [1.54, 1.807) is 0 Å². The highest BCUT2D eigenvalue weighted by atomic mass is 35.5. The highest BCUT2D eigenvalue weighted by molar-refractivity contribution is 6.31. The topological polar surface area (TPSA) is 35.2 Å². The van der Waals surface area contributed by atoms with E-state index in [1.807, 2.05) is 32.0 Å². The van der Waals surface area contributed by atoms with E-state index >= 15 is 0 Å². The van der Waals surface area contributed by atoms with Gasteiger partial charge in [0.05, 0.1) is 10.7 Å². The summed E-state index contributed by atoms with van der Waals surface area (Å²) >= 11 is 5.63. The van der Waals surface area contributed by atoms with E-state index in [-0.39, 0.29) is 10.8 Å². The van der Waals surface area contributed by atoms with Crippen molar-refractivity contribution in [2.24, 2.45) is 0 Å². The first-order valence-electron chi connectivity index (χ1n) is 5.46. The van der Waals surface area contributed by atoms with Crippen LogP contribution in [0.3, 0.4) is 0 Å². The summed E-state index contributed by atoms with van der Waals surface area (Å²) < 4.78 is 18.9. The zero-order valence-corrected chi connectivity index (χ0v) is 10.9. The summed E-state index contributed by atoms with van der Waals surface area (Å²) in [6.07, 6.45) is 0. The van der Waals surface area contributed by atoms with E-state index in [2.05, 4.69) is 0 Å². The number of anilines is 1. The third kappa shape index (κ3) is 2.74. The molecule has 2 N–H and O–H groups in total. The zero-order valence-electron chi connectivity index (χ0n) is 10.1. The van der Waals surface area contributed by atoms with Gasteiger partial charge in [-0.05, 0) is 43.2 Å². The van der Waals surface area contributed by atoms with E-state index in [1.165, 1.54) is 12.1 Å². The average molecular weight is 266 g/mol. The van der Waals surface area contributed by atoms with Gasteiger partial charge in [0.1, 0.15) is 11.6 Å². The summed E-state index contributed by atoms with van der Waals surface area (Å²) in [5.41, 5.74) is 8.18. The normalized spacial score (nSPS) is 10.4. The van der Waals surface area contributed by atoms with Crippen molar-refractivity contribution in [2.75, 3.05) is 5.73 Å². The van der Waals surface area contributed by atoms with Crippen LogP contribution in [0.25, 0.3) is 0 Å². The van der Waals surface area contributed by atoms with Crippen LogP contribution in [0.4, 0.5) is 10.1 Å². The van der Waals surface area contributed by atoms with Crippen LogP contribution in [0.15, 0.2) is 30.3 Å². The van der Waals surface area contributed by atoms with Crippen molar-refractivity contribution in [3.05, 3.63) is 52.3 Å². The van der Waals surface area contributed by atoms with Crippen molar-refractivity contribution in [3.63, 3.8) is 0 Å². The molecule has 0 atom stereocenters. The number of hydrogen-bond acceptors (Lipinski definition) is 2. The van der Waals surface area contributed by atoms with Crippen molar-refractivity contribution >= 4 is 17.3 Å². The Labute approximate surface area is 110 Å². The van der Waals surface area contributed by atoms with Crippen molar-refractivity contribution in [1.82, 2.24) is 0 Å². The zero-order chi connectivity index (χ0) is 13.3. The highest BCUT2D eigenvalue weighted by Gasteiger charge is 2.08. The lowest BCUT2D eigenvalue weighted by Gasteiger charge is -2.10. The van der Waals surface area contributed by atoms with Crippen LogP contribution >= 0.6 is 11.6 Å². The molecule has 0 unspecified atom stereocenters. The number of nitrogens with two attached hydrogens (primary N) is 1. The Morgan fingerprint density at radius 3 is 2.28 bits per heavy atom. The maximum atomic E-state index is 13.4. The molecule has 0 saturated carbocycles. The predicted molar refractivity (Wildman–Crippen MR) is 71.8 cm³/mol. The smallest absolute Gasteiger partial charge is 0.153 e. The van der Waals surface area contributed by atoms with E-state index in [4.69, 9.17) is 22.1 Å². The van der Waals surface area contributed by atoms with E-state index in [9.17, 15) is 4.39 Å². The van der Waals surface area contributed by atoms with Gasteiger partial charge >= 0.3 is 0 Å². The Kier molecular flexibility index (Phi) is 3.43. The molecule has 0 spiro atoms. The number of nitrogen functional groups attached to an aromatic ring is 1. The summed E-state index contributed by atoms with van der Waals surface area (Å²) in [6, 6.07) is 8.28. The molecule has 0 aliphatic carbocycles. The number of ether oxygens (including phenoxy) is 1. The van der Waals surface area contributed by atoms with Crippen molar-refractivity contribution in [2.45, 2.75) is 13.8 Å². The summed E-state index contributed by atoms with van der Waals surface area (Å²) in [5.74, 6) is 0.341. The number of hydrogen-bond donors (Lipinski definition) is 1. The number of halogens is 2. The Bertz CT molecular complexity index is 578. The summed E-state index contributed by atoms with van der Waals surface area (Å²) in [6.45, 7) is 3.93. The lowest BCUT2D eigenvalue weighted by molar-refractivity contribution is 0.478. The molecule has 0 aliphatic rings. The SMILES string of the molecule is Cc1cc(C)cc(Oc2cc(F)c(Cl)cc2N)c1. The minimum absolute atomic E-state index is 0.0136. The third-order valence-corrected chi connectivity index (χ3v) is 2.77. The van der Waals surface area contributed by atoms with Crippen LogP contribution in [0.5, 0.6) is 11.5 Å². The van der Waals surface area contributed by atoms with E-state index < -0.39 is 5.82 Å². The molecular weight excluding hydrogens is 253 g/mol. The Morgan fingerprint density at radius 1 is 1.06 bits per heavy atom. The standard InChI is InChI=1S/C14H13ClFNO/c1-8-3-9(2)5-10(4-8)18-14-7-12(16)11(15)6-13(14)17/h3-7H,17H2,1-2H3. The van der Waals surface area contributed by atoms with Gasteiger partial charge in [-0.25, -0.2) is 4.39 Å². The fourth-order valence-corrected chi connectivity index (χ4v) is 1.92. The molecule has 2 aromatic carbocycles. The summed E-state index contributed by atoms with van der Waals surface area (Å²) in [5, 5.41) is -0.0136. The number of benzene rings is 2. The lowest BCUT2D eigenvalue weighted by atomic mass is 10.1. The lowest BCUT2D eigenvalue weighted by Crippen LogP contribution is -1.94. The number of aryl methyl sites for hydroxylation is 2. The first-order valence-corrected chi connectivity index (χ1v) is 5.84. The van der Waals surface area contributed by atoms with Gasteiger partial charge in [-0.15, -0.1) is 0 Å². The Hall–Kier alpha value is -1.74. The Balaban J connectivity index is 2.36. The van der Waals surface area contributed by atoms with Gasteiger partial charge < -0.3 is 10.5 Å². The molecule has 0 bridgehead atoms. The molecule has 0 aliphatic heterocycles. The van der Waals surface area contributed by atoms with E-state index in [0.29, 0.717) is 11.4 Å². The molecule has 18 heavy (non-hydrogen) atoms. The maximum absolute atomic E-state index is 13.4. The molecule has 94 valence electrons. The van der Waals surface area contributed by atoms with Crippen LogP contribution in [-0.2, 0) is 0 Å². The van der Waals surface area contributed by atoms with Gasteiger partial charge in [0.15, 0.2) is 5.75 Å². The second kappa shape index (κ2) is 4.86. The maximum Gasteiger partial charge on any atom is 0.153 e. The van der Waals surface area contributed by atoms with Crippen LogP contribution in [0.1, 0.15) is 11.1 Å². The molecule has 2 rings (SSSR count). The third-order valence-electron chi connectivity index (χ3n) is 2.48. The molecule has 0 radical (unpaired) electrons.